The van der Waals surface area contributed by atoms with Crippen LogP contribution >= 0.6 is 0 Å². The highest BCUT2D eigenvalue weighted by Gasteiger charge is 2.37. The SMILES string of the molecule is Cc1cc(N(C)C)nc([C@@]2(C)CCCN(C(=O)c3cccc(Oc4ncccn4)c3)C2)n1. The number of nitrogens with zero attached hydrogens (tertiary/aromatic N) is 6. The standard InChI is InChI=1S/C24H28N6O2/c1-17-14-20(29(3)4)28-22(27-17)24(2)10-6-13-30(16-24)21(31)18-8-5-9-19(15-18)32-23-25-11-7-12-26-23/h5,7-9,11-12,14-15H,6,10,13,16H2,1-4H3/t24-/m0/s1. The molecule has 3 aromatic rings. The normalized spacial score (nSPS) is 18.3. The summed E-state index contributed by atoms with van der Waals surface area (Å²) in [6.07, 6.45) is 5.05. The Balaban J connectivity index is 1.55. The number of amides is 1. The van der Waals surface area contributed by atoms with E-state index in [9.17, 15) is 4.79 Å². The molecule has 166 valence electrons. The predicted octanol–water partition coefficient (Wildman–Crippen LogP) is 3.63. The highest BCUT2D eigenvalue weighted by molar-refractivity contribution is 5.94. The Labute approximate surface area is 188 Å². The summed E-state index contributed by atoms with van der Waals surface area (Å²) in [7, 11) is 3.94. The van der Waals surface area contributed by atoms with E-state index in [0.29, 0.717) is 24.4 Å². The van der Waals surface area contributed by atoms with Gasteiger partial charge in [-0.05, 0) is 44.0 Å². The van der Waals surface area contributed by atoms with Gasteiger partial charge in [0, 0.05) is 62.3 Å². The fraction of sp³-hybridized carbons (Fsp3) is 0.375. The molecule has 1 saturated heterocycles. The summed E-state index contributed by atoms with van der Waals surface area (Å²) >= 11 is 0. The molecule has 1 atom stereocenters. The van der Waals surface area contributed by atoms with Crippen molar-refractivity contribution in [2.75, 3.05) is 32.1 Å². The van der Waals surface area contributed by atoms with Gasteiger partial charge in [-0.25, -0.2) is 19.9 Å². The van der Waals surface area contributed by atoms with Gasteiger partial charge in [0.1, 0.15) is 17.4 Å². The maximum atomic E-state index is 13.4. The molecule has 1 aliphatic heterocycles. The van der Waals surface area contributed by atoms with Crippen molar-refractivity contribution >= 4 is 11.7 Å². The molecule has 8 nitrogen and oxygen atoms in total. The van der Waals surface area contributed by atoms with E-state index in [0.717, 1.165) is 30.2 Å². The van der Waals surface area contributed by atoms with Crippen LogP contribution in [0.2, 0.25) is 0 Å². The highest BCUT2D eigenvalue weighted by Crippen LogP contribution is 2.33. The first kappa shape index (κ1) is 21.7. The fourth-order valence-electron chi connectivity index (χ4n) is 3.96. The molecular weight excluding hydrogens is 404 g/mol. The van der Waals surface area contributed by atoms with Gasteiger partial charge in [-0.3, -0.25) is 4.79 Å². The molecule has 0 bridgehead atoms. The van der Waals surface area contributed by atoms with E-state index in [-0.39, 0.29) is 17.3 Å². The summed E-state index contributed by atoms with van der Waals surface area (Å²) in [5.41, 5.74) is 1.19. The van der Waals surface area contributed by atoms with Crippen molar-refractivity contribution in [3.8, 4) is 11.8 Å². The zero-order chi connectivity index (χ0) is 22.7. The maximum absolute atomic E-state index is 13.4. The minimum Gasteiger partial charge on any atom is -0.424 e. The average Bonchev–Trinajstić information content (AvgIpc) is 2.79. The van der Waals surface area contributed by atoms with Crippen LogP contribution in [0.1, 0.15) is 41.6 Å². The second-order valence-electron chi connectivity index (χ2n) is 8.64. The Morgan fingerprint density at radius 2 is 1.91 bits per heavy atom. The molecule has 1 amide bonds. The van der Waals surface area contributed by atoms with Crippen molar-refractivity contribution in [2.24, 2.45) is 0 Å². The number of benzene rings is 1. The van der Waals surface area contributed by atoms with Crippen molar-refractivity contribution in [3.05, 3.63) is 65.9 Å². The number of aromatic nitrogens is 4. The Kier molecular flexibility index (Phi) is 6.03. The molecule has 0 N–H and O–H groups in total. The topological polar surface area (TPSA) is 84.3 Å². The number of hydrogen-bond acceptors (Lipinski definition) is 7. The number of rotatable bonds is 5. The van der Waals surface area contributed by atoms with Gasteiger partial charge < -0.3 is 14.5 Å². The predicted molar refractivity (Wildman–Crippen MR) is 122 cm³/mol. The maximum Gasteiger partial charge on any atom is 0.321 e. The number of hydrogen-bond donors (Lipinski definition) is 0. The second kappa shape index (κ2) is 8.90. The first-order valence-corrected chi connectivity index (χ1v) is 10.7. The third-order valence-electron chi connectivity index (χ3n) is 5.65. The molecule has 1 fully saturated rings. The van der Waals surface area contributed by atoms with E-state index in [1.807, 2.05) is 43.0 Å². The number of likely N-dealkylation sites (tertiary alicyclic amines) is 1. The molecule has 1 aromatic carbocycles. The Morgan fingerprint density at radius 1 is 1.12 bits per heavy atom. The van der Waals surface area contributed by atoms with Crippen LogP contribution in [0.15, 0.2) is 48.8 Å². The summed E-state index contributed by atoms with van der Waals surface area (Å²) in [6.45, 7) is 5.39. The van der Waals surface area contributed by atoms with Crippen molar-refractivity contribution in [3.63, 3.8) is 0 Å². The molecule has 0 radical (unpaired) electrons. The average molecular weight is 433 g/mol. The Morgan fingerprint density at radius 3 is 2.66 bits per heavy atom. The largest absolute Gasteiger partial charge is 0.424 e. The zero-order valence-electron chi connectivity index (χ0n) is 18.9. The first-order chi connectivity index (χ1) is 15.3. The number of piperidine rings is 1. The summed E-state index contributed by atoms with van der Waals surface area (Å²) in [6, 6.07) is 11.1. The van der Waals surface area contributed by atoms with E-state index >= 15 is 0 Å². The summed E-state index contributed by atoms with van der Waals surface area (Å²) in [4.78, 5) is 34.9. The molecule has 32 heavy (non-hydrogen) atoms. The van der Waals surface area contributed by atoms with Gasteiger partial charge in [-0.1, -0.05) is 13.0 Å². The van der Waals surface area contributed by atoms with E-state index in [1.165, 1.54) is 0 Å². The van der Waals surface area contributed by atoms with Crippen molar-refractivity contribution in [1.29, 1.82) is 0 Å². The molecule has 0 aliphatic carbocycles. The molecule has 8 heteroatoms. The number of carbonyl (C=O) groups is 1. The van der Waals surface area contributed by atoms with Gasteiger partial charge in [-0.2, -0.15) is 0 Å². The Hall–Kier alpha value is -3.55. The van der Waals surface area contributed by atoms with Crippen LogP contribution < -0.4 is 9.64 Å². The van der Waals surface area contributed by atoms with Crippen LogP contribution in [0.4, 0.5) is 5.82 Å². The second-order valence-corrected chi connectivity index (χ2v) is 8.64. The lowest BCUT2D eigenvalue weighted by molar-refractivity contribution is 0.0644. The summed E-state index contributed by atoms with van der Waals surface area (Å²) in [5, 5.41) is 0. The molecule has 0 spiro atoms. The lowest BCUT2D eigenvalue weighted by Gasteiger charge is -2.39. The number of aryl methyl sites for hydroxylation is 1. The first-order valence-electron chi connectivity index (χ1n) is 10.7. The lowest BCUT2D eigenvalue weighted by atomic mass is 9.80. The van der Waals surface area contributed by atoms with Crippen LogP contribution in [0.3, 0.4) is 0 Å². The molecule has 3 heterocycles. The minimum atomic E-state index is -0.309. The van der Waals surface area contributed by atoms with E-state index in [2.05, 4.69) is 16.9 Å². The van der Waals surface area contributed by atoms with E-state index in [4.69, 9.17) is 14.7 Å². The minimum absolute atomic E-state index is 0.0316. The molecule has 2 aromatic heterocycles. The van der Waals surface area contributed by atoms with Gasteiger partial charge in [0.15, 0.2) is 0 Å². The van der Waals surface area contributed by atoms with Gasteiger partial charge >= 0.3 is 6.01 Å². The third-order valence-corrected chi connectivity index (χ3v) is 5.65. The monoisotopic (exact) mass is 432 g/mol. The molecule has 0 saturated carbocycles. The van der Waals surface area contributed by atoms with Crippen LogP contribution in [-0.4, -0.2) is 57.9 Å². The van der Waals surface area contributed by atoms with Crippen LogP contribution in [0.5, 0.6) is 11.8 Å². The van der Waals surface area contributed by atoms with Crippen molar-refractivity contribution in [2.45, 2.75) is 32.1 Å². The van der Waals surface area contributed by atoms with E-state index < -0.39 is 0 Å². The third kappa shape index (κ3) is 4.69. The fourth-order valence-corrected chi connectivity index (χ4v) is 3.96. The van der Waals surface area contributed by atoms with Crippen molar-refractivity contribution in [1.82, 2.24) is 24.8 Å². The van der Waals surface area contributed by atoms with Crippen LogP contribution in [0.25, 0.3) is 0 Å². The number of carbonyl (C=O) groups excluding carboxylic acids is 1. The van der Waals surface area contributed by atoms with Crippen molar-refractivity contribution < 1.29 is 9.53 Å². The Bertz CT molecular complexity index is 1100. The molecule has 1 aliphatic rings. The molecule has 4 rings (SSSR count). The molecular formula is C24H28N6O2. The quantitative estimate of drug-likeness (QED) is 0.609. The number of anilines is 1. The van der Waals surface area contributed by atoms with Crippen LogP contribution in [0, 0.1) is 6.92 Å². The van der Waals surface area contributed by atoms with Crippen LogP contribution in [-0.2, 0) is 5.41 Å². The van der Waals surface area contributed by atoms with Gasteiger partial charge in [0.05, 0.1) is 0 Å². The molecule has 0 unspecified atom stereocenters. The highest BCUT2D eigenvalue weighted by atomic mass is 16.5. The van der Waals surface area contributed by atoms with Gasteiger partial charge in [0.25, 0.3) is 5.91 Å². The zero-order valence-corrected chi connectivity index (χ0v) is 18.9. The van der Waals surface area contributed by atoms with E-state index in [1.54, 1.807) is 36.7 Å². The summed E-state index contributed by atoms with van der Waals surface area (Å²) in [5.74, 6) is 2.16. The van der Waals surface area contributed by atoms with Gasteiger partial charge in [-0.15, -0.1) is 0 Å². The number of ether oxygens (including phenoxy) is 1. The smallest absolute Gasteiger partial charge is 0.321 e. The lowest BCUT2D eigenvalue weighted by Crippen LogP contribution is -2.48. The summed E-state index contributed by atoms with van der Waals surface area (Å²) < 4.78 is 5.70. The van der Waals surface area contributed by atoms with Gasteiger partial charge in [0.2, 0.25) is 0 Å².